The summed E-state index contributed by atoms with van der Waals surface area (Å²) in [5.41, 5.74) is -1.16. The second kappa shape index (κ2) is 6.51. The summed E-state index contributed by atoms with van der Waals surface area (Å²) in [6.07, 6.45) is -1.02. The van der Waals surface area contributed by atoms with Crippen molar-refractivity contribution in [3.05, 3.63) is 24.0 Å². The lowest BCUT2D eigenvalue weighted by atomic mass is 10.0. The molecule has 1 aromatic rings. The summed E-state index contributed by atoms with van der Waals surface area (Å²) in [5.74, 6) is 0.0634. The van der Waals surface area contributed by atoms with Crippen molar-refractivity contribution >= 4 is 10.0 Å². The summed E-state index contributed by atoms with van der Waals surface area (Å²) in [4.78, 5) is 2.75. The van der Waals surface area contributed by atoms with Crippen LogP contribution >= 0.6 is 0 Å². The van der Waals surface area contributed by atoms with Crippen LogP contribution in [0.2, 0.25) is 0 Å². The molecule has 0 aliphatic heterocycles. The Bertz CT molecular complexity index is 596. The lowest BCUT2D eigenvalue weighted by molar-refractivity contribution is -0.141. The minimum absolute atomic E-state index is 0.0634. The fourth-order valence-electron chi connectivity index (χ4n) is 2.49. The number of nitrogens with one attached hydrogen (secondary N) is 1. The largest absolute Gasteiger partial charge is 0.433 e. The summed E-state index contributed by atoms with van der Waals surface area (Å²) in [6.45, 7) is -0.159. The molecule has 1 aromatic heterocycles. The van der Waals surface area contributed by atoms with E-state index in [-0.39, 0.29) is 17.4 Å². The Morgan fingerprint density at radius 2 is 1.95 bits per heavy atom. The zero-order valence-electron chi connectivity index (χ0n) is 11.7. The molecule has 1 fully saturated rings. The van der Waals surface area contributed by atoms with Gasteiger partial charge in [0.2, 0.25) is 10.0 Å². The molecule has 0 bridgehead atoms. The van der Waals surface area contributed by atoms with Crippen molar-refractivity contribution in [2.45, 2.75) is 42.9 Å². The first-order valence-electron chi connectivity index (χ1n) is 6.91. The van der Waals surface area contributed by atoms with Crippen LogP contribution in [-0.2, 0) is 16.2 Å². The van der Waals surface area contributed by atoms with Gasteiger partial charge in [-0.1, -0.05) is 12.8 Å². The fourth-order valence-corrected chi connectivity index (χ4v) is 3.49. The van der Waals surface area contributed by atoms with Gasteiger partial charge < -0.3 is 5.11 Å². The first kappa shape index (κ1) is 17.2. The van der Waals surface area contributed by atoms with E-state index in [4.69, 9.17) is 0 Å². The summed E-state index contributed by atoms with van der Waals surface area (Å²) < 4.78 is 63.3. The standard InChI is InChI=1S/C13H17F3N2O3S/c14-13(15,16)12-6-5-10(7-17-12)22(20,21)18-8-11(19)9-3-1-2-4-9/h5-7,9,11,18-19H,1-4,8H2/t11-/m0/s1. The van der Waals surface area contributed by atoms with Crippen LogP contribution in [0.15, 0.2) is 23.2 Å². The molecule has 0 unspecified atom stereocenters. The molecule has 124 valence electrons. The van der Waals surface area contributed by atoms with E-state index in [0.29, 0.717) is 12.3 Å². The number of halogens is 3. The summed E-state index contributed by atoms with van der Waals surface area (Å²) in [6, 6.07) is 1.46. The highest BCUT2D eigenvalue weighted by Crippen LogP contribution is 2.28. The third-order valence-corrected chi connectivity index (χ3v) is 5.17. The van der Waals surface area contributed by atoms with E-state index in [0.717, 1.165) is 31.7 Å². The fraction of sp³-hybridized carbons (Fsp3) is 0.615. The predicted octanol–water partition coefficient (Wildman–Crippen LogP) is 1.93. The number of sulfonamides is 1. The van der Waals surface area contributed by atoms with Gasteiger partial charge >= 0.3 is 6.18 Å². The SMILES string of the molecule is O=S(=O)(NC[C@H](O)C1CCCC1)c1ccc(C(F)(F)F)nc1. The van der Waals surface area contributed by atoms with E-state index in [9.17, 15) is 26.7 Å². The zero-order chi connectivity index (χ0) is 16.4. The first-order valence-corrected chi connectivity index (χ1v) is 8.39. The van der Waals surface area contributed by atoms with E-state index in [1.54, 1.807) is 0 Å². The molecule has 0 radical (unpaired) electrons. The van der Waals surface area contributed by atoms with Gasteiger partial charge in [-0.25, -0.2) is 13.1 Å². The van der Waals surface area contributed by atoms with Gasteiger partial charge in [0, 0.05) is 12.7 Å². The number of aromatic nitrogens is 1. The highest BCUT2D eigenvalue weighted by molar-refractivity contribution is 7.89. The summed E-state index contributed by atoms with van der Waals surface area (Å²) in [7, 11) is -3.99. The highest BCUT2D eigenvalue weighted by Gasteiger charge is 2.32. The molecule has 9 heteroatoms. The average molecular weight is 338 g/mol. The Hall–Kier alpha value is -1.19. The van der Waals surface area contributed by atoms with Crippen LogP contribution in [0.25, 0.3) is 0 Å². The van der Waals surface area contributed by atoms with Crippen molar-refractivity contribution < 1.29 is 26.7 Å². The molecule has 0 aromatic carbocycles. The molecule has 1 heterocycles. The van der Waals surface area contributed by atoms with Crippen LogP contribution in [0.5, 0.6) is 0 Å². The molecule has 0 amide bonds. The van der Waals surface area contributed by atoms with Crippen molar-refractivity contribution in [2.24, 2.45) is 5.92 Å². The van der Waals surface area contributed by atoms with E-state index < -0.39 is 28.0 Å². The van der Waals surface area contributed by atoms with Gasteiger partial charge in [0.05, 0.1) is 6.10 Å². The molecule has 2 N–H and O–H groups in total. The molecular weight excluding hydrogens is 321 g/mol. The number of hydrogen-bond acceptors (Lipinski definition) is 4. The maximum atomic E-state index is 12.4. The van der Waals surface area contributed by atoms with E-state index >= 15 is 0 Å². The summed E-state index contributed by atoms with van der Waals surface area (Å²) in [5, 5.41) is 9.92. The van der Waals surface area contributed by atoms with Crippen LogP contribution in [0, 0.1) is 5.92 Å². The Morgan fingerprint density at radius 3 is 2.45 bits per heavy atom. The molecular formula is C13H17F3N2O3S. The predicted molar refractivity (Wildman–Crippen MR) is 72.4 cm³/mol. The molecule has 1 atom stereocenters. The lowest BCUT2D eigenvalue weighted by Gasteiger charge is -2.18. The van der Waals surface area contributed by atoms with Gasteiger partial charge in [0.1, 0.15) is 10.6 Å². The van der Waals surface area contributed by atoms with Crippen LogP contribution in [0.3, 0.4) is 0 Å². The Labute approximate surface area is 126 Å². The van der Waals surface area contributed by atoms with Gasteiger partial charge in [-0.3, -0.25) is 4.98 Å². The van der Waals surface area contributed by atoms with E-state index in [2.05, 4.69) is 9.71 Å². The Morgan fingerprint density at radius 1 is 1.32 bits per heavy atom. The van der Waals surface area contributed by atoms with Crippen LogP contribution in [0.1, 0.15) is 31.4 Å². The second-order valence-corrected chi connectivity index (χ2v) is 7.11. The molecule has 2 rings (SSSR count). The number of aliphatic hydroxyl groups is 1. The van der Waals surface area contributed by atoms with Crippen molar-refractivity contribution in [3.63, 3.8) is 0 Å². The van der Waals surface area contributed by atoms with Gasteiger partial charge in [-0.15, -0.1) is 0 Å². The normalized spacial score (nSPS) is 18.5. The monoisotopic (exact) mass is 338 g/mol. The molecule has 1 aliphatic rings. The van der Waals surface area contributed by atoms with Crippen molar-refractivity contribution in [3.8, 4) is 0 Å². The zero-order valence-corrected chi connectivity index (χ0v) is 12.5. The van der Waals surface area contributed by atoms with Crippen molar-refractivity contribution in [1.82, 2.24) is 9.71 Å². The number of alkyl halides is 3. The van der Waals surface area contributed by atoms with E-state index in [1.807, 2.05) is 0 Å². The number of hydrogen-bond donors (Lipinski definition) is 2. The van der Waals surface area contributed by atoms with Crippen molar-refractivity contribution in [2.75, 3.05) is 6.54 Å². The van der Waals surface area contributed by atoms with Crippen LogP contribution in [-0.4, -0.2) is 31.2 Å². The van der Waals surface area contributed by atoms with Gasteiger partial charge in [-0.05, 0) is 30.9 Å². The molecule has 1 saturated carbocycles. The molecule has 22 heavy (non-hydrogen) atoms. The second-order valence-electron chi connectivity index (χ2n) is 5.34. The van der Waals surface area contributed by atoms with Gasteiger partial charge in [0.25, 0.3) is 0 Å². The quantitative estimate of drug-likeness (QED) is 0.860. The third kappa shape index (κ3) is 4.17. The van der Waals surface area contributed by atoms with Crippen molar-refractivity contribution in [1.29, 1.82) is 0 Å². The average Bonchev–Trinajstić information content (AvgIpc) is 2.98. The molecule has 5 nitrogen and oxygen atoms in total. The minimum Gasteiger partial charge on any atom is -0.391 e. The first-order chi connectivity index (χ1) is 10.2. The molecule has 0 saturated heterocycles. The minimum atomic E-state index is -4.62. The molecule has 1 aliphatic carbocycles. The topological polar surface area (TPSA) is 79.3 Å². The smallest absolute Gasteiger partial charge is 0.391 e. The van der Waals surface area contributed by atoms with E-state index in [1.165, 1.54) is 0 Å². The Balaban J connectivity index is 2.00. The summed E-state index contributed by atoms with van der Waals surface area (Å²) >= 11 is 0. The number of rotatable bonds is 5. The highest BCUT2D eigenvalue weighted by atomic mass is 32.2. The number of nitrogens with zero attached hydrogens (tertiary/aromatic N) is 1. The van der Waals surface area contributed by atoms with Crippen LogP contribution in [0.4, 0.5) is 13.2 Å². The number of aliphatic hydroxyl groups excluding tert-OH is 1. The molecule has 0 spiro atoms. The lowest BCUT2D eigenvalue weighted by Crippen LogP contribution is -2.35. The van der Waals surface area contributed by atoms with Gasteiger partial charge in [-0.2, -0.15) is 13.2 Å². The maximum Gasteiger partial charge on any atom is 0.433 e. The number of pyridine rings is 1. The van der Waals surface area contributed by atoms with Crippen LogP contribution < -0.4 is 4.72 Å². The third-order valence-electron chi connectivity index (χ3n) is 3.76. The van der Waals surface area contributed by atoms with Gasteiger partial charge in [0.15, 0.2) is 0 Å². The Kier molecular flexibility index (Phi) is 5.08. The maximum absolute atomic E-state index is 12.4.